The third-order valence-corrected chi connectivity index (χ3v) is 7.66. The van der Waals surface area contributed by atoms with Crippen LogP contribution >= 0.6 is 11.3 Å². The first-order chi connectivity index (χ1) is 15.7. The van der Waals surface area contributed by atoms with Gasteiger partial charge in [-0.25, -0.2) is 12.8 Å². The number of hydrogen-bond acceptors (Lipinski definition) is 6. The summed E-state index contributed by atoms with van der Waals surface area (Å²) in [6, 6.07) is 13.7. The quantitative estimate of drug-likeness (QED) is 0.459. The summed E-state index contributed by atoms with van der Waals surface area (Å²) in [5, 5.41) is 4.29. The summed E-state index contributed by atoms with van der Waals surface area (Å²) >= 11 is 0.996. The van der Waals surface area contributed by atoms with Crippen LogP contribution in [-0.2, 0) is 21.4 Å². The van der Waals surface area contributed by atoms with Gasteiger partial charge in [0.2, 0.25) is 5.91 Å². The summed E-state index contributed by atoms with van der Waals surface area (Å²) in [7, 11) is -2.60. The van der Waals surface area contributed by atoms with Crippen LogP contribution in [0.4, 0.5) is 10.1 Å². The van der Waals surface area contributed by atoms with Gasteiger partial charge in [0.05, 0.1) is 18.9 Å². The van der Waals surface area contributed by atoms with Gasteiger partial charge in [-0.2, -0.15) is 0 Å². The zero-order chi connectivity index (χ0) is 24.0. The monoisotopic (exact) mass is 492 g/mol. The van der Waals surface area contributed by atoms with E-state index in [4.69, 9.17) is 9.47 Å². The highest BCUT2D eigenvalue weighted by atomic mass is 32.2. The molecule has 0 radical (unpaired) electrons. The number of methoxy groups -OCH3 is 1. The Balaban J connectivity index is 1.78. The van der Waals surface area contributed by atoms with Crippen molar-refractivity contribution in [1.29, 1.82) is 0 Å². The van der Waals surface area contributed by atoms with Gasteiger partial charge in [-0.3, -0.25) is 9.10 Å². The molecule has 0 saturated heterocycles. The molecule has 2 aromatic carbocycles. The number of ether oxygens (including phenoxy) is 2. The number of anilines is 1. The van der Waals surface area contributed by atoms with Gasteiger partial charge in [-0.15, -0.1) is 11.3 Å². The topological polar surface area (TPSA) is 84.9 Å². The fourth-order valence-electron chi connectivity index (χ4n) is 3.03. The molecule has 0 spiro atoms. The molecule has 0 fully saturated rings. The number of sulfonamides is 1. The maximum absolute atomic E-state index is 14.5. The maximum Gasteiger partial charge on any atom is 0.274 e. The van der Waals surface area contributed by atoms with Crippen LogP contribution in [0.25, 0.3) is 0 Å². The predicted molar refractivity (Wildman–Crippen MR) is 126 cm³/mol. The van der Waals surface area contributed by atoms with E-state index in [0.29, 0.717) is 11.5 Å². The molecule has 33 heavy (non-hydrogen) atoms. The molecule has 0 aliphatic rings. The predicted octanol–water partition coefficient (Wildman–Crippen LogP) is 4.19. The Kier molecular flexibility index (Phi) is 7.93. The molecule has 0 saturated carbocycles. The zero-order valence-corrected chi connectivity index (χ0v) is 20.1. The number of carbonyl (C=O) groups is 1. The summed E-state index contributed by atoms with van der Waals surface area (Å²) < 4.78 is 52.5. The summed E-state index contributed by atoms with van der Waals surface area (Å²) in [4.78, 5) is 12.7. The first-order valence-corrected chi connectivity index (χ1v) is 12.5. The fraction of sp³-hybridized carbons (Fsp3) is 0.261. The third-order valence-electron chi connectivity index (χ3n) is 4.53. The number of amides is 1. The Morgan fingerprint density at radius 3 is 2.52 bits per heavy atom. The van der Waals surface area contributed by atoms with Gasteiger partial charge in [0.25, 0.3) is 10.0 Å². The van der Waals surface area contributed by atoms with Crippen LogP contribution in [0.15, 0.2) is 64.2 Å². The largest absolute Gasteiger partial charge is 0.493 e. The minimum Gasteiger partial charge on any atom is -0.493 e. The molecule has 7 nitrogen and oxygen atoms in total. The molecular formula is C23H25FN2O5S2. The molecule has 1 amide bonds. The van der Waals surface area contributed by atoms with Gasteiger partial charge >= 0.3 is 0 Å². The Hall–Kier alpha value is -3.11. The smallest absolute Gasteiger partial charge is 0.274 e. The molecule has 0 atom stereocenters. The molecule has 0 unspecified atom stereocenters. The van der Waals surface area contributed by atoms with Crippen molar-refractivity contribution in [3.63, 3.8) is 0 Å². The third kappa shape index (κ3) is 6.02. The summed E-state index contributed by atoms with van der Waals surface area (Å²) in [6.45, 7) is 3.35. The number of rotatable bonds is 10. The van der Waals surface area contributed by atoms with Crippen molar-refractivity contribution in [3.05, 3.63) is 71.4 Å². The van der Waals surface area contributed by atoms with Crippen LogP contribution < -0.4 is 19.1 Å². The standard InChI is InChI=1S/C23H25FN2O5S2/c1-16(2)31-20-11-10-17(13-21(20)30-3)14-25-22(27)15-26(19-8-5-4-7-18(19)24)33(28,29)23-9-6-12-32-23/h4-13,16H,14-15H2,1-3H3,(H,25,27). The van der Waals surface area contributed by atoms with E-state index in [9.17, 15) is 17.6 Å². The van der Waals surface area contributed by atoms with Crippen LogP contribution in [0.1, 0.15) is 19.4 Å². The van der Waals surface area contributed by atoms with E-state index in [-0.39, 0.29) is 22.5 Å². The molecule has 176 valence electrons. The van der Waals surface area contributed by atoms with Gasteiger partial charge in [0.1, 0.15) is 16.6 Å². The lowest BCUT2D eigenvalue weighted by Crippen LogP contribution is -2.40. The van der Waals surface area contributed by atoms with E-state index in [1.807, 2.05) is 13.8 Å². The SMILES string of the molecule is COc1cc(CNC(=O)CN(c2ccccc2F)S(=O)(=O)c2cccs2)ccc1OC(C)C. The minimum absolute atomic E-state index is 0.0176. The Morgan fingerprint density at radius 1 is 1.12 bits per heavy atom. The van der Waals surface area contributed by atoms with Crippen LogP contribution in [0.2, 0.25) is 0 Å². The number of carbonyl (C=O) groups excluding carboxylic acids is 1. The van der Waals surface area contributed by atoms with E-state index in [0.717, 1.165) is 27.3 Å². The van der Waals surface area contributed by atoms with E-state index in [2.05, 4.69) is 5.32 Å². The van der Waals surface area contributed by atoms with Gasteiger partial charge in [0, 0.05) is 6.54 Å². The van der Waals surface area contributed by atoms with Crippen LogP contribution in [0.5, 0.6) is 11.5 Å². The fourth-order valence-corrected chi connectivity index (χ4v) is 5.57. The van der Waals surface area contributed by atoms with E-state index in [1.165, 1.54) is 31.4 Å². The molecule has 0 aliphatic carbocycles. The van der Waals surface area contributed by atoms with Gasteiger partial charge in [0.15, 0.2) is 11.5 Å². The summed E-state index contributed by atoms with van der Waals surface area (Å²) in [6.07, 6.45) is -0.0286. The first-order valence-electron chi connectivity index (χ1n) is 10.1. The number of para-hydroxylation sites is 1. The van der Waals surface area contributed by atoms with Crippen molar-refractivity contribution in [2.24, 2.45) is 0 Å². The van der Waals surface area contributed by atoms with Gasteiger partial charge in [-0.1, -0.05) is 24.3 Å². The van der Waals surface area contributed by atoms with Crippen LogP contribution in [0, 0.1) is 5.82 Å². The molecule has 1 heterocycles. The maximum atomic E-state index is 14.5. The highest BCUT2D eigenvalue weighted by Crippen LogP contribution is 2.30. The average molecular weight is 493 g/mol. The molecule has 1 N–H and O–H groups in total. The second kappa shape index (κ2) is 10.7. The number of nitrogens with zero attached hydrogens (tertiary/aromatic N) is 1. The van der Waals surface area contributed by atoms with Crippen molar-refractivity contribution < 1.29 is 27.1 Å². The highest BCUT2D eigenvalue weighted by Gasteiger charge is 2.29. The number of benzene rings is 2. The second-order valence-electron chi connectivity index (χ2n) is 7.32. The summed E-state index contributed by atoms with van der Waals surface area (Å²) in [5.41, 5.74) is 0.535. The Labute approximate surface area is 196 Å². The van der Waals surface area contributed by atoms with Crippen molar-refractivity contribution in [3.8, 4) is 11.5 Å². The molecule has 3 rings (SSSR count). The lowest BCUT2D eigenvalue weighted by Gasteiger charge is -2.23. The average Bonchev–Trinajstić information content (AvgIpc) is 3.33. The highest BCUT2D eigenvalue weighted by molar-refractivity contribution is 7.94. The lowest BCUT2D eigenvalue weighted by atomic mass is 10.2. The van der Waals surface area contributed by atoms with Crippen LogP contribution in [-0.4, -0.2) is 34.1 Å². The van der Waals surface area contributed by atoms with Crippen molar-refractivity contribution in [2.45, 2.75) is 30.7 Å². The molecule has 10 heteroatoms. The molecule has 3 aromatic rings. The second-order valence-corrected chi connectivity index (χ2v) is 10.4. The minimum atomic E-state index is -4.12. The zero-order valence-electron chi connectivity index (χ0n) is 18.4. The normalized spacial score (nSPS) is 11.3. The van der Waals surface area contributed by atoms with E-state index >= 15 is 0 Å². The Bertz CT molecular complexity index is 1200. The van der Waals surface area contributed by atoms with Gasteiger partial charge < -0.3 is 14.8 Å². The van der Waals surface area contributed by atoms with Crippen molar-refractivity contribution >= 4 is 33.0 Å². The number of hydrogen-bond donors (Lipinski definition) is 1. The number of nitrogens with one attached hydrogen (secondary N) is 1. The number of halogens is 1. The van der Waals surface area contributed by atoms with Crippen molar-refractivity contribution in [2.75, 3.05) is 18.0 Å². The van der Waals surface area contributed by atoms with Gasteiger partial charge in [-0.05, 0) is 55.1 Å². The van der Waals surface area contributed by atoms with Crippen LogP contribution in [0.3, 0.4) is 0 Å². The molecule has 0 bridgehead atoms. The van der Waals surface area contributed by atoms with E-state index < -0.39 is 28.3 Å². The Morgan fingerprint density at radius 2 is 1.88 bits per heavy atom. The molecule has 0 aliphatic heterocycles. The van der Waals surface area contributed by atoms with E-state index in [1.54, 1.807) is 29.6 Å². The first kappa shape index (κ1) is 24.5. The number of thiophene rings is 1. The molecular weight excluding hydrogens is 467 g/mol. The molecule has 1 aromatic heterocycles. The summed E-state index contributed by atoms with van der Waals surface area (Å²) in [5.74, 6) is -0.227. The lowest BCUT2D eigenvalue weighted by molar-refractivity contribution is -0.119. The van der Waals surface area contributed by atoms with Crippen molar-refractivity contribution in [1.82, 2.24) is 5.32 Å².